The van der Waals surface area contributed by atoms with E-state index in [1.54, 1.807) is 11.3 Å². The van der Waals surface area contributed by atoms with E-state index in [-0.39, 0.29) is 11.3 Å². The lowest BCUT2D eigenvalue weighted by Gasteiger charge is -2.37. The van der Waals surface area contributed by atoms with Gasteiger partial charge in [0.05, 0.1) is 6.54 Å². The summed E-state index contributed by atoms with van der Waals surface area (Å²) < 4.78 is 5.34. The molecule has 7 heteroatoms. The van der Waals surface area contributed by atoms with Gasteiger partial charge in [-0.2, -0.15) is 16.3 Å². The number of aromatic nitrogens is 2. The van der Waals surface area contributed by atoms with Crippen molar-refractivity contribution < 1.29 is 9.32 Å². The van der Waals surface area contributed by atoms with Gasteiger partial charge in [-0.3, -0.25) is 9.69 Å². The topological polar surface area (TPSA) is 62.5 Å². The van der Waals surface area contributed by atoms with E-state index in [0.29, 0.717) is 18.3 Å². The largest absolute Gasteiger partial charge is 0.340 e. The lowest BCUT2D eigenvalue weighted by molar-refractivity contribution is -0.141. The minimum Gasteiger partial charge on any atom is -0.340 e. The second-order valence-electron chi connectivity index (χ2n) is 6.84. The van der Waals surface area contributed by atoms with Gasteiger partial charge in [0.2, 0.25) is 17.6 Å². The lowest BCUT2D eigenvalue weighted by Crippen LogP contribution is -2.51. The molecule has 1 aliphatic heterocycles. The minimum absolute atomic E-state index is 0.217. The Morgan fingerprint density at radius 1 is 1.30 bits per heavy atom. The first-order valence-electron chi connectivity index (χ1n) is 7.80. The summed E-state index contributed by atoms with van der Waals surface area (Å²) in [6.07, 6.45) is 0. The van der Waals surface area contributed by atoms with Crippen molar-refractivity contribution in [1.29, 1.82) is 0 Å². The maximum absolute atomic E-state index is 12.3. The van der Waals surface area contributed by atoms with Gasteiger partial charge in [0.25, 0.3) is 0 Å². The van der Waals surface area contributed by atoms with Gasteiger partial charge < -0.3 is 9.42 Å². The van der Waals surface area contributed by atoms with Gasteiger partial charge in [0.1, 0.15) is 0 Å². The lowest BCUT2D eigenvalue weighted by atomic mass is 9.94. The molecular weight excluding hydrogens is 312 g/mol. The van der Waals surface area contributed by atoms with Gasteiger partial charge >= 0.3 is 0 Å². The summed E-state index contributed by atoms with van der Waals surface area (Å²) in [4.78, 5) is 20.9. The second kappa shape index (κ2) is 6.41. The smallest absolute Gasteiger partial charge is 0.241 e. The quantitative estimate of drug-likeness (QED) is 0.863. The first-order chi connectivity index (χ1) is 10.9. The number of carbonyl (C=O) groups excluding carboxylic acids is 1. The van der Waals surface area contributed by atoms with E-state index in [4.69, 9.17) is 4.52 Å². The molecule has 2 aromatic rings. The van der Waals surface area contributed by atoms with Crippen molar-refractivity contribution in [3.8, 4) is 11.4 Å². The molecule has 0 unspecified atom stereocenters. The predicted octanol–water partition coefficient (Wildman–Crippen LogP) is 2.49. The number of nitrogens with zero attached hydrogens (tertiary/aromatic N) is 4. The number of hydrogen-bond donors (Lipinski definition) is 0. The van der Waals surface area contributed by atoms with Gasteiger partial charge in [-0.15, -0.1) is 0 Å². The molecule has 3 rings (SSSR count). The van der Waals surface area contributed by atoms with Crippen molar-refractivity contribution in [1.82, 2.24) is 19.9 Å². The van der Waals surface area contributed by atoms with Crippen LogP contribution in [0.3, 0.4) is 0 Å². The molecule has 23 heavy (non-hydrogen) atoms. The highest BCUT2D eigenvalue weighted by Crippen LogP contribution is 2.21. The molecule has 0 bridgehead atoms. The molecule has 1 amide bonds. The average molecular weight is 334 g/mol. The molecule has 1 fully saturated rings. The Hall–Kier alpha value is -1.73. The van der Waals surface area contributed by atoms with E-state index >= 15 is 0 Å². The van der Waals surface area contributed by atoms with Crippen LogP contribution in [0.1, 0.15) is 26.7 Å². The molecule has 0 aliphatic carbocycles. The van der Waals surface area contributed by atoms with E-state index in [0.717, 1.165) is 31.7 Å². The van der Waals surface area contributed by atoms with E-state index in [9.17, 15) is 4.79 Å². The maximum Gasteiger partial charge on any atom is 0.241 e. The summed E-state index contributed by atoms with van der Waals surface area (Å²) >= 11 is 1.61. The molecule has 124 valence electrons. The standard InChI is InChI=1S/C16H22N4O2S/c1-16(2,3)15(21)20-7-5-19(6-8-20)10-13-17-14(18-22-13)12-4-9-23-11-12/h4,9,11H,5-8,10H2,1-3H3. The fourth-order valence-corrected chi connectivity index (χ4v) is 3.24. The highest BCUT2D eigenvalue weighted by atomic mass is 32.1. The van der Waals surface area contributed by atoms with Gasteiger partial charge in [-0.1, -0.05) is 25.9 Å². The van der Waals surface area contributed by atoms with E-state index in [1.165, 1.54) is 0 Å². The van der Waals surface area contributed by atoms with Gasteiger partial charge in [0, 0.05) is 42.5 Å². The van der Waals surface area contributed by atoms with E-state index in [2.05, 4.69) is 15.0 Å². The molecule has 0 saturated carbocycles. The average Bonchev–Trinajstić information content (AvgIpc) is 3.17. The molecule has 0 atom stereocenters. The van der Waals surface area contributed by atoms with Crippen LogP contribution in [0.5, 0.6) is 0 Å². The number of thiophene rings is 1. The molecule has 0 aromatic carbocycles. The summed E-state index contributed by atoms with van der Waals surface area (Å²) in [6.45, 7) is 9.69. The Labute approximate surface area is 140 Å². The number of piperazine rings is 1. The highest BCUT2D eigenvalue weighted by Gasteiger charge is 2.30. The molecule has 1 saturated heterocycles. The van der Waals surface area contributed by atoms with Crippen molar-refractivity contribution in [3.05, 3.63) is 22.7 Å². The maximum atomic E-state index is 12.3. The summed E-state index contributed by atoms with van der Waals surface area (Å²) in [5.41, 5.74) is 0.676. The monoisotopic (exact) mass is 334 g/mol. The number of carbonyl (C=O) groups is 1. The van der Waals surface area contributed by atoms with E-state index < -0.39 is 0 Å². The Bertz CT molecular complexity index is 652. The molecule has 0 N–H and O–H groups in total. The van der Waals surface area contributed by atoms with Gasteiger partial charge in [-0.05, 0) is 11.4 Å². The van der Waals surface area contributed by atoms with Crippen molar-refractivity contribution in [2.45, 2.75) is 27.3 Å². The zero-order valence-electron chi connectivity index (χ0n) is 13.8. The summed E-state index contributed by atoms with van der Waals surface area (Å²) in [7, 11) is 0. The van der Waals surface area contributed by atoms with Crippen LogP contribution in [0.25, 0.3) is 11.4 Å². The zero-order chi connectivity index (χ0) is 16.4. The third-order valence-corrected chi connectivity index (χ3v) is 4.59. The Morgan fingerprint density at radius 2 is 2.04 bits per heavy atom. The molecule has 1 aliphatic rings. The molecule has 6 nitrogen and oxygen atoms in total. The minimum atomic E-state index is -0.315. The van der Waals surface area contributed by atoms with Crippen LogP contribution in [0.15, 0.2) is 21.3 Å². The Balaban J connectivity index is 1.54. The summed E-state index contributed by atoms with van der Waals surface area (Å²) in [5, 5.41) is 8.03. The fraction of sp³-hybridized carbons (Fsp3) is 0.562. The van der Waals surface area contributed by atoms with Crippen LogP contribution < -0.4 is 0 Å². The molecule has 2 aromatic heterocycles. The molecule has 3 heterocycles. The van der Waals surface area contributed by atoms with Crippen LogP contribution in [0.2, 0.25) is 0 Å². The van der Waals surface area contributed by atoms with Crippen molar-refractivity contribution in [3.63, 3.8) is 0 Å². The van der Waals surface area contributed by atoms with Crippen LogP contribution in [-0.4, -0.2) is 52.0 Å². The zero-order valence-corrected chi connectivity index (χ0v) is 14.6. The number of hydrogen-bond acceptors (Lipinski definition) is 6. The predicted molar refractivity (Wildman–Crippen MR) is 88.9 cm³/mol. The Kier molecular flexibility index (Phi) is 4.50. The van der Waals surface area contributed by atoms with Crippen molar-refractivity contribution >= 4 is 17.2 Å². The van der Waals surface area contributed by atoms with E-state index in [1.807, 2.05) is 42.5 Å². The van der Waals surface area contributed by atoms with Gasteiger partial charge in [0.15, 0.2) is 0 Å². The van der Waals surface area contributed by atoms with Crippen LogP contribution in [-0.2, 0) is 11.3 Å². The molecule has 0 radical (unpaired) electrons. The molecular formula is C16H22N4O2S. The van der Waals surface area contributed by atoms with Crippen LogP contribution in [0, 0.1) is 5.41 Å². The summed E-state index contributed by atoms with van der Waals surface area (Å²) in [5.74, 6) is 1.49. The van der Waals surface area contributed by atoms with Crippen LogP contribution in [0.4, 0.5) is 0 Å². The van der Waals surface area contributed by atoms with Crippen molar-refractivity contribution in [2.75, 3.05) is 26.2 Å². The number of amides is 1. The third-order valence-electron chi connectivity index (χ3n) is 3.91. The number of rotatable bonds is 3. The first kappa shape index (κ1) is 16.1. The SMILES string of the molecule is CC(C)(C)C(=O)N1CCN(Cc2nc(-c3ccsc3)no2)CC1. The summed E-state index contributed by atoms with van der Waals surface area (Å²) in [6, 6.07) is 1.98. The highest BCUT2D eigenvalue weighted by molar-refractivity contribution is 7.08. The first-order valence-corrected chi connectivity index (χ1v) is 8.74. The fourth-order valence-electron chi connectivity index (χ4n) is 2.60. The second-order valence-corrected chi connectivity index (χ2v) is 7.62. The molecule has 0 spiro atoms. The van der Waals surface area contributed by atoms with Crippen molar-refractivity contribution in [2.24, 2.45) is 5.41 Å². The normalized spacial score (nSPS) is 16.7. The Morgan fingerprint density at radius 3 is 2.65 bits per heavy atom. The van der Waals surface area contributed by atoms with Gasteiger partial charge in [-0.25, -0.2) is 0 Å². The van der Waals surface area contributed by atoms with Crippen LogP contribution >= 0.6 is 11.3 Å². The third kappa shape index (κ3) is 3.79.